The molecule has 2 aliphatic rings. The Morgan fingerprint density at radius 1 is 1.00 bits per heavy atom. The smallest absolute Gasteiger partial charge is 0.318 e. The van der Waals surface area contributed by atoms with E-state index in [2.05, 4.69) is 47.8 Å². The first kappa shape index (κ1) is 15.9. The van der Waals surface area contributed by atoms with Gasteiger partial charge in [-0.05, 0) is 41.9 Å². The average molecular weight is 332 g/mol. The number of carbonyl (C=O) groups is 1. The Kier molecular flexibility index (Phi) is 4.55. The number of amides is 2. The van der Waals surface area contributed by atoms with E-state index in [1.165, 1.54) is 29.5 Å². The fourth-order valence-corrected chi connectivity index (χ4v) is 3.56. The lowest BCUT2D eigenvalue weighted by molar-refractivity contribution is 0.197. The van der Waals surface area contributed by atoms with Crippen LogP contribution in [0.2, 0.25) is 0 Å². The van der Waals surface area contributed by atoms with Crippen LogP contribution in [0.1, 0.15) is 36.4 Å². The first-order valence-electron chi connectivity index (χ1n) is 9.16. The number of urea groups is 1. The quantitative estimate of drug-likeness (QED) is 0.869. The molecule has 0 bridgehead atoms. The first-order chi connectivity index (χ1) is 12.3. The monoisotopic (exact) mass is 332 g/mol. The number of nitrogens with one attached hydrogen (secondary N) is 1. The Labute approximate surface area is 149 Å². The van der Waals surface area contributed by atoms with E-state index in [4.69, 9.17) is 0 Å². The van der Waals surface area contributed by atoms with E-state index >= 15 is 0 Å². The van der Waals surface area contributed by atoms with Crippen LogP contribution in [-0.4, -0.2) is 24.0 Å². The lowest BCUT2D eigenvalue weighted by Crippen LogP contribution is -2.44. The van der Waals surface area contributed by atoms with Crippen molar-refractivity contribution in [2.45, 2.75) is 25.3 Å². The summed E-state index contributed by atoms with van der Waals surface area (Å²) in [6.45, 7) is 1.46. The Hall–Kier alpha value is -2.55. The second-order valence-electron chi connectivity index (χ2n) is 6.97. The van der Waals surface area contributed by atoms with Crippen LogP contribution in [0.5, 0.6) is 0 Å². The van der Waals surface area contributed by atoms with Gasteiger partial charge in [-0.25, -0.2) is 4.79 Å². The molecular weight excluding hydrogens is 308 g/mol. The summed E-state index contributed by atoms with van der Waals surface area (Å²) in [5.41, 5.74) is 3.82. The van der Waals surface area contributed by atoms with Crippen molar-refractivity contribution in [3.8, 4) is 0 Å². The van der Waals surface area contributed by atoms with Gasteiger partial charge in [0.1, 0.15) is 0 Å². The van der Waals surface area contributed by atoms with Crippen molar-refractivity contribution in [2.75, 3.05) is 13.1 Å². The molecule has 0 aromatic heterocycles. The van der Waals surface area contributed by atoms with E-state index in [-0.39, 0.29) is 12.1 Å². The number of hydrogen-bond acceptors (Lipinski definition) is 1. The van der Waals surface area contributed by atoms with Gasteiger partial charge in [0.2, 0.25) is 0 Å². The molecule has 1 saturated carbocycles. The third kappa shape index (κ3) is 3.76. The van der Waals surface area contributed by atoms with E-state index in [1.54, 1.807) is 0 Å². The second kappa shape index (κ2) is 7.14. The van der Waals surface area contributed by atoms with Crippen LogP contribution in [0.3, 0.4) is 0 Å². The summed E-state index contributed by atoms with van der Waals surface area (Å²) >= 11 is 0. The minimum absolute atomic E-state index is 0.0594. The molecule has 1 N–H and O–H groups in total. The molecule has 0 spiro atoms. The van der Waals surface area contributed by atoms with Gasteiger partial charge in [0, 0.05) is 13.1 Å². The van der Waals surface area contributed by atoms with E-state index < -0.39 is 0 Å². The molecule has 1 aliphatic carbocycles. The third-order valence-electron chi connectivity index (χ3n) is 5.17. The summed E-state index contributed by atoms with van der Waals surface area (Å²) in [5, 5.41) is 3.28. The summed E-state index contributed by atoms with van der Waals surface area (Å²) in [6, 6.07) is 21.0. The minimum Gasteiger partial charge on any atom is -0.331 e. The number of benzene rings is 2. The molecule has 1 heterocycles. The fraction of sp³-hybridized carbons (Fsp3) is 0.318. The maximum absolute atomic E-state index is 12.7. The number of nitrogens with zero attached hydrogens (tertiary/aromatic N) is 1. The maximum Gasteiger partial charge on any atom is 0.318 e. The molecule has 1 atom stereocenters. The van der Waals surface area contributed by atoms with Crippen LogP contribution >= 0.6 is 0 Å². The highest BCUT2D eigenvalue weighted by Crippen LogP contribution is 2.41. The predicted molar refractivity (Wildman–Crippen MR) is 101 cm³/mol. The Balaban J connectivity index is 1.41. The van der Waals surface area contributed by atoms with Crippen LogP contribution in [-0.2, 0) is 0 Å². The highest BCUT2D eigenvalue weighted by molar-refractivity contribution is 5.77. The highest BCUT2D eigenvalue weighted by Gasteiger charge is 2.34. The van der Waals surface area contributed by atoms with Crippen molar-refractivity contribution in [3.05, 3.63) is 77.9 Å². The zero-order valence-corrected chi connectivity index (χ0v) is 14.4. The molecule has 25 heavy (non-hydrogen) atoms. The topological polar surface area (TPSA) is 32.3 Å². The normalized spacial score (nSPS) is 18.4. The van der Waals surface area contributed by atoms with Crippen molar-refractivity contribution in [1.82, 2.24) is 10.2 Å². The third-order valence-corrected chi connectivity index (χ3v) is 5.17. The van der Waals surface area contributed by atoms with Crippen molar-refractivity contribution >= 4 is 11.6 Å². The SMILES string of the molecule is O=C(NC(c1ccccc1)C1CC1)N1CC=C(c2ccccc2)CC1. The van der Waals surface area contributed by atoms with Gasteiger partial charge in [-0.15, -0.1) is 0 Å². The number of carbonyl (C=O) groups excluding carboxylic acids is 1. The summed E-state index contributed by atoms with van der Waals surface area (Å²) in [7, 11) is 0. The average Bonchev–Trinajstić information content (AvgIpc) is 3.52. The largest absolute Gasteiger partial charge is 0.331 e. The van der Waals surface area contributed by atoms with Crippen molar-refractivity contribution < 1.29 is 4.79 Å². The van der Waals surface area contributed by atoms with Gasteiger partial charge < -0.3 is 10.2 Å². The molecule has 0 saturated heterocycles. The summed E-state index contributed by atoms with van der Waals surface area (Å²) < 4.78 is 0. The predicted octanol–water partition coefficient (Wildman–Crippen LogP) is 4.64. The highest BCUT2D eigenvalue weighted by atomic mass is 16.2. The molecule has 1 fully saturated rings. The van der Waals surface area contributed by atoms with Crippen molar-refractivity contribution in [2.24, 2.45) is 5.92 Å². The van der Waals surface area contributed by atoms with Gasteiger partial charge >= 0.3 is 6.03 Å². The zero-order valence-electron chi connectivity index (χ0n) is 14.4. The standard InChI is InChI=1S/C22H24N2O/c25-22(23-21(20-11-12-20)19-9-5-2-6-10-19)24-15-13-18(14-16-24)17-7-3-1-4-8-17/h1-10,13,20-21H,11-12,14-16H2,(H,23,25). The Morgan fingerprint density at radius 3 is 2.28 bits per heavy atom. The van der Waals surface area contributed by atoms with Gasteiger partial charge in [0.15, 0.2) is 0 Å². The summed E-state index contributed by atoms with van der Waals surface area (Å²) in [4.78, 5) is 14.7. The molecule has 3 nitrogen and oxygen atoms in total. The van der Waals surface area contributed by atoms with Crippen molar-refractivity contribution in [3.63, 3.8) is 0 Å². The maximum atomic E-state index is 12.7. The van der Waals surface area contributed by atoms with Gasteiger partial charge in [-0.2, -0.15) is 0 Å². The van der Waals surface area contributed by atoms with E-state index in [0.717, 1.165) is 13.0 Å². The summed E-state index contributed by atoms with van der Waals surface area (Å²) in [6.07, 6.45) is 5.51. The van der Waals surface area contributed by atoms with Crippen LogP contribution in [0.4, 0.5) is 4.79 Å². The first-order valence-corrected chi connectivity index (χ1v) is 9.16. The van der Waals surface area contributed by atoms with Crippen LogP contribution in [0, 0.1) is 5.92 Å². The molecule has 4 rings (SSSR count). The molecule has 0 radical (unpaired) electrons. The summed E-state index contributed by atoms with van der Waals surface area (Å²) in [5.74, 6) is 0.589. The molecule has 2 amide bonds. The lowest BCUT2D eigenvalue weighted by atomic mass is 9.99. The molecule has 3 heteroatoms. The Morgan fingerprint density at radius 2 is 1.68 bits per heavy atom. The van der Waals surface area contributed by atoms with Gasteiger partial charge in [-0.1, -0.05) is 66.7 Å². The van der Waals surface area contributed by atoms with Crippen LogP contribution in [0.25, 0.3) is 5.57 Å². The van der Waals surface area contributed by atoms with Crippen LogP contribution < -0.4 is 5.32 Å². The van der Waals surface area contributed by atoms with E-state index in [9.17, 15) is 4.79 Å². The van der Waals surface area contributed by atoms with E-state index in [1.807, 2.05) is 29.2 Å². The number of rotatable bonds is 4. The molecular formula is C22H24N2O. The van der Waals surface area contributed by atoms with Crippen LogP contribution in [0.15, 0.2) is 66.7 Å². The Bertz CT molecular complexity index is 750. The molecule has 1 aliphatic heterocycles. The number of hydrogen-bond donors (Lipinski definition) is 1. The zero-order chi connectivity index (χ0) is 17.1. The molecule has 128 valence electrons. The van der Waals surface area contributed by atoms with E-state index in [0.29, 0.717) is 12.5 Å². The minimum atomic E-state index is 0.0594. The van der Waals surface area contributed by atoms with Gasteiger partial charge in [-0.3, -0.25) is 0 Å². The van der Waals surface area contributed by atoms with Gasteiger partial charge in [0.25, 0.3) is 0 Å². The fourth-order valence-electron chi connectivity index (χ4n) is 3.56. The molecule has 2 aromatic carbocycles. The lowest BCUT2D eigenvalue weighted by Gasteiger charge is -2.29. The van der Waals surface area contributed by atoms with Gasteiger partial charge in [0.05, 0.1) is 6.04 Å². The van der Waals surface area contributed by atoms with Crippen molar-refractivity contribution in [1.29, 1.82) is 0 Å². The molecule has 1 unspecified atom stereocenters. The second-order valence-corrected chi connectivity index (χ2v) is 6.97. The molecule has 2 aromatic rings.